The molecule has 1 saturated carbocycles. The molecule has 3 amide bonds. The molecule has 2 atom stereocenters. The van der Waals surface area contributed by atoms with Crippen LogP contribution in [0.15, 0.2) is 24.4 Å². The van der Waals surface area contributed by atoms with Crippen LogP contribution in [0.4, 0.5) is 31.1 Å². The molecule has 1 aromatic heterocycles. The minimum Gasteiger partial charge on any atom is -0.353 e. The van der Waals surface area contributed by atoms with E-state index in [-0.39, 0.29) is 30.5 Å². The molecule has 13 heteroatoms. The number of alkyl halides is 3. The predicted molar refractivity (Wildman–Crippen MR) is 107 cm³/mol. The fourth-order valence-corrected chi connectivity index (χ4v) is 4.10. The normalized spacial score (nSPS) is 19.6. The standard InChI is InChI=1S/C21H17ClF6N4O2/c22-14-12(23)4-3-11(15(14)25)16(10-7-13(24)18(30-8-10)21(26,27)28)31-20(34)32-6-5-29-19(33)17(32)9-1-2-9/h3-4,7-9,16-17H,1-2,5-6H2,(H,29,33)(H,31,34)/t16-,17+/m1/s1. The Morgan fingerprint density at radius 1 is 1.21 bits per heavy atom. The second-order valence-electron chi connectivity index (χ2n) is 8.01. The quantitative estimate of drug-likeness (QED) is 0.483. The number of pyridine rings is 1. The maximum Gasteiger partial charge on any atom is 0.436 e. The fourth-order valence-electron chi connectivity index (χ4n) is 3.92. The molecule has 2 aromatic rings. The highest BCUT2D eigenvalue weighted by molar-refractivity contribution is 6.31. The van der Waals surface area contributed by atoms with E-state index in [1.54, 1.807) is 0 Å². The van der Waals surface area contributed by atoms with Crippen LogP contribution >= 0.6 is 11.6 Å². The maximum absolute atomic E-state index is 14.8. The van der Waals surface area contributed by atoms with Gasteiger partial charge in [-0.05, 0) is 30.9 Å². The van der Waals surface area contributed by atoms with Crippen LogP contribution in [0, 0.1) is 23.4 Å². The SMILES string of the molecule is O=C1NCCN(C(=O)N[C@H](c2cnc(C(F)(F)F)c(F)c2)c2ccc(F)c(Cl)c2F)[C@H]1C1CC1. The van der Waals surface area contributed by atoms with Crippen molar-refractivity contribution in [2.75, 3.05) is 13.1 Å². The molecule has 4 rings (SSSR count). The van der Waals surface area contributed by atoms with Gasteiger partial charge in [-0.2, -0.15) is 13.2 Å². The number of amides is 3. The summed E-state index contributed by atoms with van der Waals surface area (Å²) in [5, 5.41) is 4.17. The van der Waals surface area contributed by atoms with Gasteiger partial charge in [0, 0.05) is 30.4 Å². The van der Waals surface area contributed by atoms with Crippen LogP contribution in [-0.4, -0.2) is 41.0 Å². The summed E-state index contributed by atoms with van der Waals surface area (Å²) in [6, 6.07) is -1.01. The number of halogens is 7. The lowest BCUT2D eigenvalue weighted by atomic mass is 9.98. The van der Waals surface area contributed by atoms with Gasteiger partial charge in [-0.15, -0.1) is 0 Å². The molecule has 1 aliphatic carbocycles. The number of benzene rings is 1. The molecule has 34 heavy (non-hydrogen) atoms. The van der Waals surface area contributed by atoms with E-state index in [0.717, 1.165) is 25.0 Å². The number of piperazine rings is 1. The molecule has 0 spiro atoms. The fraction of sp³-hybridized carbons (Fsp3) is 0.381. The molecule has 1 aromatic carbocycles. The van der Waals surface area contributed by atoms with E-state index in [2.05, 4.69) is 15.6 Å². The monoisotopic (exact) mass is 506 g/mol. The highest BCUT2D eigenvalue weighted by Gasteiger charge is 2.44. The van der Waals surface area contributed by atoms with Crippen LogP contribution in [-0.2, 0) is 11.0 Å². The summed E-state index contributed by atoms with van der Waals surface area (Å²) in [7, 11) is 0. The molecule has 1 aliphatic heterocycles. The minimum atomic E-state index is -5.08. The predicted octanol–water partition coefficient (Wildman–Crippen LogP) is 4.18. The Labute approximate surface area is 194 Å². The summed E-state index contributed by atoms with van der Waals surface area (Å²) in [5.74, 6) is -4.56. The van der Waals surface area contributed by atoms with E-state index < -0.39 is 58.0 Å². The molecule has 0 unspecified atom stereocenters. The van der Waals surface area contributed by atoms with E-state index in [4.69, 9.17) is 11.6 Å². The van der Waals surface area contributed by atoms with Crippen LogP contribution in [0.1, 0.15) is 35.7 Å². The first-order valence-electron chi connectivity index (χ1n) is 10.2. The lowest BCUT2D eigenvalue weighted by Crippen LogP contribution is -2.60. The van der Waals surface area contributed by atoms with Crippen LogP contribution in [0.3, 0.4) is 0 Å². The van der Waals surface area contributed by atoms with Gasteiger partial charge in [0.2, 0.25) is 5.91 Å². The average Bonchev–Trinajstić information content (AvgIpc) is 3.60. The first kappa shape index (κ1) is 24.1. The maximum atomic E-state index is 14.8. The third kappa shape index (κ3) is 4.63. The number of rotatable bonds is 4. The number of aromatic nitrogens is 1. The van der Waals surface area contributed by atoms with Gasteiger partial charge in [0.15, 0.2) is 11.5 Å². The Morgan fingerprint density at radius 2 is 1.91 bits per heavy atom. The van der Waals surface area contributed by atoms with Crippen molar-refractivity contribution in [3.8, 4) is 0 Å². The zero-order valence-corrected chi connectivity index (χ0v) is 18.0. The molecular weight excluding hydrogens is 490 g/mol. The second kappa shape index (κ2) is 8.97. The van der Waals surface area contributed by atoms with Gasteiger partial charge in [0.05, 0.1) is 6.04 Å². The number of urea groups is 1. The zero-order chi connectivity index (χ0) is 24.8. The zero-order valence-electron chi connectivity index (χ0n) is 17.2. The summed E-state index contributed by atoms with van der Waals surface area (Å²) in [5.41, 5.74) is -2.56. The van der Waals surface area contributed by atoms with Crippen molar-refractivity contribution in [3.05, 3.63) is 63.7 Å². The first-order chi connectivity index (χ1) is 16.0. The third-order valence-electron chi connectivity index (χ3n) is 5.69. The molecule has 6 nitrogen and oxygen atoms in total. The lowest BCUT2D eigenvalue weighted by molar-refractivity contribution is -0.143. The second-order valence-corrected chi connectivity index (χ2v) is 8.39. The van der Waals surface area contributed by atoms with Gasteiger partial charge in [-0.25, -0.2) is 22.9 Å². The van der Waals surface area contributed by atoms with Crippen molar-refractivity contribution in [2.45, 2.75) is 31.1 Å². The van der Waals surface area contributed by atoms with E-state index >= 15 is 0 Å². The molecule has 0 radical (unpaired) electrons. The number of hydrogen-bond donors (Lipinski definition) is 2. The van der Waals surface area contributed by atoms with Gasteiger partial charge in [-0.1, -0.05) is 17.7 Å². The number of carbonyl (C=O) groups is 2. The highest BCUT2D eigenvalue weighted by atomic mass is 35.5. The van der Waals surface area contributed by atoms with Crippen molar-refractivity contribution in [3.63, 3.8) is 0 Å². The topological polar surface area (TPSA) is 74.3 Å². The number of nitrogens with one attached hydrogen (secondary N) is 2. The molecule has 2 aliphatic rings. The van der Waals surface area contributed by atoms with Crippen LogP contribution in [0.2, 0.25) is 5.02 Å². The average molecular weight is 507 g/mol. The number of nitrogens with zero attached hydrogens (tertiary/aromatic N) is 2. The van der Waals surface area contributed by atoms with E-state index in [1.165, 1.54) is 4.90 Å². The Kier molecular flexibility index (Phi) is 6.36. The van der Waals surface area contributed by atoms with Crippen molar-refractivity contribution in [2.24, 2.45) is 5.92 Å². The van der Waals surface area contributed by atoms with Crippen molar-refractivity contribution in [1.82, 2.24) is 20.5 Å². The van der Waals surface area contributed by atoms with Gasteiger partial charge in [-0.3, -0.25) is 4.79 Å². The number of carbonyl (C=O) groups excluding carboxylic acids is 2. The summed E-state index contributed by atoms with van der Waals surface area (Å²) in [6.45, 7) is 0.283. The Balaban J connectivity index is 1.73. The Hall–Kier alpha value is -3.02. The molecule has 0 bridgehead atoms. The van der Waals surface area contributed by atoms with E-state index in [1.807, 2.05) is 0 Å². The molecule has 182 valence electrons. The van der Waals surface area contributed by atoms with E-state index in [0.29, 0.717) is 12.3 Å². The highest BCUT2D eigenvalue weighted by Crippen LogP contribution is 2.37. The first-order valence-corrected chi connectivity index (χ1v) is 10.6. The molecule has 2 heterocycles. The van der Waals surface area contributed by atoms with Gasteiger partial charge < -0.3 is 15.5 Å². The largest absolute Gasteiger partial charge is 0.436 e. The van der Waals surface area contributed by atoms with E-state index in [9.17, 15) is 35.9 Å². The summed E-state index contributed by atoms with van der Waals surface area (Å²) in [4.78, 5) is 29.8. The number of hydrogen-bond acceptors (Lipinski definition) is 3. The molecule has 1 saturated heterocycles. The summed E-state index contributed by atoms with van der Waals surface area (Å²) < 4.78 is 81.6. The van der Waals surface area contributed by atoms with Crippen molar-refractivity contribution >= 4 is 23.5 Å². The molecule has 2 N–H and O–H groups in total. The van der Waals surface area contributed by atoms with Crippen LogP contribution < -0.4 is 10.6 Å². The van der Waals surface area contributed by atoms with Crippen molar-refractivity contribution < 1.29 is 35.9 Å². The van der Waals surface area contributed by atoms with Gasteiger partial charge in [0.1, 0.15) is 22.7 Å². The van der Waals surface area contributed by atoms with Crippen LogP contribution in [0.5, 0.6) is 0 Å². The Morgan fingerprint density at radius 3 is 2.53 bits per heavy atom. The van der Waals surface area contributed by atoms with Gasteiger partial charge in [0.25, 0.3) is 0 Å². The Bertz CT molecular complexity index is 1140. The van der Waals surface area contributed by atoms with Gasteiger partial charge >= 0.3 is 12.2 Å². The molecular formula is C21H17ClF6N4O2. The van der Waals surface area contributed by atoms with Crippen LogP contribution in [0.25, 0.3) is 0 Å². The lowest BCUT2D eigenvalue weighted by Gasteiger charge is -2.36. The molecule has 2 fully saturated rings. The smallest absolute Gasteiger partial charge is 0.353 e. The summed E-state index contributed by atoms with van der Waals surface area (Å²) in [6.07, 6.45) is -3.00. The minimum absolute atomic E-state index is 0.0633. The third-order valence-corrected chi connectivity index (χ3v) is 6.04. The van der Waals surface area contributed by atoms with Crippen molar-refractivity contribution in [1.29, 1.82) is 0 Å². The summed E-state index contributed by atoms with van der Waals surface area (Å²) >= 11 is 5.64.